The number of carboxylic acid groups (broad SMARTS) is 1. The van der Waals surface area contributed by atoms with Gasteiger partial charge in [0.2, 0.25) is 5.28 Å². The summed E-state index contributed by atoms with van der Waals surface area (Å²) in [5, 5.41) is 23.1. The number of carbonyl (C=O) groups excluding carboxylic acids is 1. The first kappa shape index (κ1) is 21.3. The molecule has 0 aliphatic carbocycles. The molecule has 0 unspecified atom stereocenters. The number of nitrogens with one attached hydrogen (secondary N) is 1. The zero-order valence-corrected chi connectivity index (χ0v) is 17.7. The molecule has 1 saturated heterocycles. The summed E-state index contributed by atoms with van der Waals surface area (Å²) in [6.07, 6.45) is -1.02. The van der Waals surface area contributed by atoms with Crippen molar-refractivity contribution in [2.24, 2.45) is 0 Å². The molecule has 1 fully saturated rings. The third-order valence-corrected chi connectivity index (χ3v) is 5.50. The predicted octanol–water partition coefficient (Wildman–Crippen LogP) is 3.62. The highest BCUT2D eigenvalue weighted by Gasteiger charge is 2.31. The van der Waals surface area contributed by atoms with Gasteiger partial charge in [0, 0.05) is 36.8 Å². The zero-order chi connectivity index (χ0) is 22.7. The lowest BCUT2D eigenvalue weighted by molar-refractivity contribution is 0.102. The van der Waals surface area contributed by atoms with E-state index in [1.165, 1.54) is 11.0 Å². The fraction of sp³-hybridized carbons (Fsp3) is 0.227. The van der Waals surface area contributed by atoms with E-state index in [0.29, 0.717) is 18.1 Å². The molecule has 162 valence electrons. The lowest BCUT2D eigenvalue weighted by atomic mass is 10.1. The highest BCUT2D eigenvalue weighted by Crippen LogP contribution is 2.25. The normalized spacial score (nSPS) is 15.9. The molecule has 2 heterocycles. The van der Waals surface area contributed by atoms with Gasteiger partial charge in [0.25, 0.3) is 5.91 Å². The maximum absolute atomic E-state index is 12.9. The first-order valence-corrected chi connectivity index (χ1v) is 10.3. The van der Waals surface area contributed by atoms with Crippen LogP contribution < -0.4 is 10.2 Å². The van der Waals surface area contributed by atoms with Crippen LogP contribution in [0.3, 0.4) is 0 Å². The van der Waals surface area contributed by atoms with Crippen LogP contribution in [0.2, 0.25) is 5.28 Å². The van der Waals surface area contributed by atoms with E-state index < -0.39 is 18.0 Å². The molecule has 1 aromatic heterocycles. The van der Waals surface area contributed by atoms with Crippen LogP contribution in [0.5, 0.6) is 0 Å². The number of nitrogens with zero attached hydrogens (tertiary/aromatic N) is 5. The van der Waals surface area contributed by atoms with Crippen LogP contribution in [0.1, 0.15) is 16.9 Å². The summed E-state index contributed by atoms with van der Waals surface area (Å²) in [6.45, 7) is 0.824. The molecule has 0 bridgehead atoms. The average molecular weight is 451 g/mol. The Bertz CT molecular complexity index is 1220. The summed E-state index contributed by atoms with van der Waals surface area (Å²) in [7, 11) is 0. The van der Waals surface area contributed by atoms with Crippen molar-refractivity contribution in [3.05, 3.63) is 59.5 Å². The molecule has 9 nitrogen and oxygen atoms in total. The van der Waals surface area contributed by atoms with E-state index in [4.69, 9.17) is 16.9 Å². The van der Waals surface area contributed by atoms with E-state index in [9.17, 15) is 14.7 Å². The predicted molar refractivity (Wildman–Crippen MR) is 120 cm³/mol. The molecule has 0 saturated carbocycles. The van der Waals surface area contributed by atoms with E-state index in [1.807, 2.05) is 53.4 Å². The van der Waals surface area contributed by atoms with Crippen LogP contribution in [0.15, 0.2) is 48.5 Å². The van der Waals surface area contributed by atoms with Crippen molar-refractivity contribution in [3.8, 4) is 6.07 Å². The Labute approximate surface area is 188 Å². The van der Waals surface area contributed by atoms with Gasteiger partial charge in [-0.05, 0) is 23.1 Å². The molecule has 1 atom stereocenters. The van der Waals surface area contributed by atoms with Gasteiger partial charge in [-0.3, -0.25) is 4.79 Å². The van der Waals surface area contributed by atoms with Crippen LogP contribution in [0.25, 0.3) is 10.8 Å². The minimum atomic E-state index is -1.07. The number of nitriles is 1. The molecule has 1 aliphatic heterocycles. The molecule has 2 aromatic carbocycles. The van der Waals surface area contributed by atoms with Gasteiger partial charge in [-0.2, -0.15) is 5.26 Å². The number of piperazine rings is 1. The monoisotopic (exact) mass is 450 g/mol. The largest absolute Gasteiger partial charge is 0.465 e. The van der Waals surface area contributed by atoms with Crippen LogP contribution >= 0.6 is 11.6 Å². The highest BCUT2D eigenvalue weighted by molar-refractivity contribution is 6.28. The van der Waals surface area contributed by atoms with Crippen LogP contribution in [0, 0.1) is 11.3 Å². The topological polar surface area (TPSA) is 122 Å². The van der Waals surface area contributed by atoms with E-state index in [2.05, 4.69) is 15.3 Å². The fourth-order valence-corrected chi connectivity index (χ4v) is 3.98. The molecule has 3 aromatic rings. The SMILES string of the molecule is N#CC[C@H]1CN(c2cc(C(=O)Nc3cccc4ccccc34)nc(Cl)n2)CCN1C(=O)O. The minimum Gasteiger partial charge on any atom is -0.465 e. The first-order chi connectivity index (χ1) is 15.5. The maximum atomic E-state index is 12.9. The quantitative estimate of drug-likeness (QED) is 0.582. The number of hydrogen-bond donors (Lipinski definition) is 2. The van der Waals surface area contributed by atoms with Crippen molar-refractivity contribution in [1.29, 1.82) is 5.26 Å². The third-order valence-electron chi connectivity index (χ3n) is 5.34. The van der Waals surface area contributed by atoms with E-state index in [0.717, 1.165) is 10.8 Å². The van der Waals surface area contributed by atoms with E-state index >= 15 is 0 Å². The lowest BCUT2D eigenvalue weighted by Crippen LogP contribution is -2.55. The molecule has 10 heteroatoms. The van der Waals surface area contributed by atoms with Crippen molar-refractivity contribution < 1.29 is 14.7 Å². The van der Waals surface area contributed by atoms with E-state index in [1.54, 1.807) is 0 Å². The second-order valence-corrected chi connectivity index (χ2v) is 7.64. The van der Waals surface area contributed by atoms with Gasteiger partial charge in [0.1, 0.15) is 11.5 Å². The zero-order valence-electron chi connectivity index (χ0n) is 16.9. The third kappa shape index (κ3) is 4.40. The lowest BCUT2D eigenvalue weighted by Gasteiger charge is -2.39. The smallest absolute Gasteiger partial charge is 0.407 e. The van der Waals surface area contributed by atoms with Crippen molar-refractivity contribution in [2.75, 3.05) is 29.9 Å². The van der Waals surface area contributed by atoms with Crippen LogP contribution in [0.4, 0.5) is 16.3 Å². The van der Waals surface area contributed by atoms with Gasteiger partial charge < -0.3 is 20.2 Å². The number of fused-ring (bicyclic) bond motifs is 1. The summed E-state index contributed by atoms with van der Waals surface area (Å²) in [5.74, 6) is -0.0364. The molecule has 32 heavy (non-hydrogen) atoms. The standard InChI is InChI=1S/C22H19ClN6O3/c23-21-26-18(20(30)25-17-7-3-5-14-4-1-2-6-16(14)17)12-19(27-21)28-10-11-29(22(31)32)15(13-28)8-9-24/h1-7,12,15H,8,10-11,13H2,(H,25,30)(H,31,32)/t15-/m0/s1. The number of anilines is 2. The number of aromatic nitrogens is 2. The Kier molecular flexibility index (Phi) is 6.05. The maximum Gasteiger partial charge on any atom is 0.407 e. The number of hydrogen-bond acceptors (Lipinski definition) is 6. The average Bonchev–Trinajstić information content (AvgIpc) is 2.79. The van der Waals surface area contributed by atoms with E-state index in [-0.39, 0.29) is 30.5 Å². The molecular weight excluding hydrogens is 432 g/mol. The molecular formula is C22H19ClN6O3. The first-order valence-electron chi connectivity index (χ1n) is 9.91. The Morgan fingerprint density at radius 1 is 1.19 bits per heavy atom. The Hall–Kier alpha value is -3.90. The molecule has 0 radical (unpaired) electrons. The Morgan fingerprint density at radius 3 is 2.75 bits per heavy atom. The van der Waals surface area contributed by atoms with Crippen molar-refractivity contribution in [3.63, 3.8) is 0 Å². The number of rotatable bonds is 4. The Balaban J connectivity index is 1.58. The number of halogens is 1. The number of benzene rings is 2. The van der Waals surface area contributed by atoms with Crippen molar-refractivity contribution in [2.45, 2.75) is 12.5 Å². The van der Waals surface area contributed by atoms with Gasteiger partial charge in [0.05, 0.1) is 18.5 Å². The molecule has 2 N–H and O–H groups in total. The minimum absolute atomic E-state index is 0.0516. The second kappa shape index (κ2) is 9.08. The number of amides is 2. The van der Waals surface area contributed by atoms with Gasteiger partial charge in [-0.1, -0.05) is 36.4 Å². The number of carbonyl (C=O) groups is 2. The molecule has 2 amide bonds. The van der Waals surface area contributed by atoms with Gasteiger partial charge in [-0.25, -0.2) is 14.8 Å². The second-order valence-electron chi connectivity index (χ2n) is 7.30. The van der Waals surface area contributed by atoms with Crippen LogP contribution in [-0.4, -0.2) is 57.7 Å². The van der Waals surface area contributed by atoms with Crippen LogP contribution in [-0.2, 0) is 0 Å². The summed E-state index contributed by atoms with van der Waals surface area (Å²) in [5.41, 5.74) is 0.735. The highest BCUT2D eigenvalue weighted by atomic mass is 35.5. The summed E-state index contributed by atoms with van der Waals surface area (Å²) >= 11 is 6.10. The summed E-state index contributed by atoms with van der Waals surface area (Å²) < 4.78 is 0. The Morgan fingerprint density at radius 2 is 1.97 bits per heavy atom. The van der Waals surface area contributed by atoms with Crippen molar-refractivity contribution >= 4 is 45.9 Å². The van der Waals surface area contributed by atoms with Crippen molar-refractivity contribution in [1.82, 2.24) is 14.9 Å². The summed E-state index contributed by atoms with van der Waals surface area (Å²) in [4.78, 5) is 35.7. The molecule has 4 rings (SSSR count). The van der Waals surface area contributed by atoms with Gasteiger partial charge >= 0.3 is 6.09 Å². The fourth-order valence-electron chi connectivity index (χ4n) is 3.80. The van der Waals surface area contributed by atoms with Gasteiger partial charge in [-0.15, -0.1) is 0 Å². The molecule has 0 spiro atoms. The molecule has 1 aliphatic rings. The van der Waals surface area contributed by atoms with Gasteiger partial charge in [0.15, 0.2) is 0 Å². The summed E-state index contributed by atoms with van der Waals surface area (Å²) in [6, 6.07) is 16.3.